The summed E-state index contributed by atoms with van der Waals surface area (Å²) in [5.74, 6) is -3.01. The lowest BCUT2D eigenvalue weighted by Crippen LogP contribution is -2.17. The van der Waals surface area contributed by atoms with Gasteiger partial charge in [-0.1, -0.05) is 11.6 Å². The normalized spacial score (nSPS) is 10.3. The molecule has 0 spiro atoms. The number of carboxylic acids is 2. The standard InChI is InChI=1S/C24H19ClN2O7S/c1-34-20-9-5-15(11-19(20)25)26-21(28)12-35-16-6-3-14(4-7-16)27-22(29)17-8-2-13(23(30)31)10-18(17)24(32)33/h2-11H,12H2,1H3,(H,26,28)(H,27,29)(H,30,31)(H,32,33). The zero-order valence-electron chi connectivity index (χ0n) is 18.2. The van der Waals surface area contributed by atoms with Gasteiger partial charge in [0, 0.05) is 16.3 Å². The third-order valence-electron chi connectivity index (χ3n) is 4.66. The van der Waals surface area contributed by atoms with Gasteiger partial charge in [0.1, 0.15) is 5.75 Å². The maximum absolute atomic E-state index is 12.6. The van der Waals surface area contributed by atoms with Crippen LogP contribution >= 0.6 is 23.4 Å². The van der Waals surface area contributed by atoms with Gasteiger partial charge in [0.05, 0.1) is 34.6 Å². The topological polar surface area (TPSA) is 142 Å². The molecule has 0 atom stereocenters. The third kappa shape index (κ3) is 6.75. The maximum atomic E-state index is 12.6. The molecule has 0 unspecified atom stereocenters. The molecule has 180 valence electrons. The molecule has 9 nitrogen and oxygen atoms in total. The molecule has 3 aromatic rings. The van der Waals surface area contributed by atoms with Gasteiger partial charge in [-0.25, -0.2) is 9.59 Å². The van der Waals surface area contributed by atoms with Crippen molar-refractivity contribution in [3.8, 4) is 5.75 Å². The van der Waals surface area contributed by atoms with Crippen LogP contribution in [0.5, 0.6) is 5.75 Å². The Kier molecular flexibility index (Phi) is 8.34. The lowest BCUT2D eigenvalue weighted by Gasteiger charge is -2.10. The van der Waals surface area contributed by atoms with Crippen LogP contribution < -0.4 is 15.4 Å². The van der Waals surface area contributed by atoms with E-state index in [0.717, 1.165) is 23.1 Å². The van der Waals surface area contributed by atoms with E-state index in [-0.39, 0.29) is 22.8 Å². The first-order chi connectivity index (χ1) is 16.7. The predicted octanol–water partition coefficient (Wildman–Crippen LogP) is 4.73. The average Bonchev–Trinajstić information content (AvgIpc) is 2.83. The van der Waals surface area contributed by atoms with E-state index >= 15 is 0 Å². The number of halogens is 1. The summed E-state index contributed by atoms with van der Waals surface area (Å²) in [6.45, 7) is 0. The van der Waals surface area contributed by atoms with E-state index in [0.29, 0.717) is 22.1 Å². The molecule has 3 aromatic carbocycles. The Bertz CT molecular complexity index is 1300. The largest absolute Gasteiger partial charge is 0.495 e. The number of methoxy groups -OCH3 is 1. The molecule has 0 saturated heterocycles. The van der Waals surface area contributed by atoms with Crippen molar-refractivity contribution in [2.24, 2.45) is 0 Å². The van der Waals surface area contributed by atoms with Gasteiger partial charge >= 0.3 is 11.9 Å². The molecule has 0 heterocycles. The van der Waals surface area contributed by atoms with E-state index in [1.807, 2.05) is 0 Å². The van der Waals surface area contributed by atoms with E-state index in [1.54, 1.807) is 42.5 Å². The van der Waals surface area contributed by atoms with Gasteiger partial charge in [0.2, 0.25) is 5.91 Å². The molecule has 0 aliphatic rings. The van der Waals surface area contributed by atoms with Crippen LogP contribution in [0.1, 0.15) is 31.1 Å². The smallest absolute Gasteiger partial charge is 0.336 e. The highest BCUT2D eigenvalue weighted by atomic mass is 35.5. The number of hydrogen-bond donors (Lipinski definition) is 4. The number of benzene rings is 3. The summed E-state index contributed by atoms with van der Waals surface area (Å²) in [7, 11) is 1.50. The number of aromatic carboxylic acids is 2. The Morgan fingerprint density at radius 2 is 1.54 bits per heavy atom. The van der Waals surface area contributed by atoms with Crippen molar-refractivity contribution < 1.29 is 34.1 Å². The molecule has 2 amide bonds. The number of carbonyl (C=O) groups is 4. The molecule has 0 bridgehead atoms. The van der Waals surface area contributed by atoms with Crippen LogP contribution in [0.3, 0.4) is 0 Å². The Balaban J connectivity index is 1.59. The van der Waals surface area contributed by atoms with Gasteiger partial charge in [-0.05, 0) is 60.7 Å². The van der Waals surface area contributed by atoms with Crippen LogP contribution in [0.25, 0.3) is 0 Å². The second-order valence-electron chi connectivity index (χ2n) is 7.04. The van der Waals surface area contributed by atoms with Gasteiger partial charge in [-0.3, -0.25) is 9.59 Å². The first-order valence-electron chi connectivity index (χ1n) is 9.96. The van der Waals surface area contributed by atoms with Crippen molar-refractivity contribution in [2.75, 3.05) is 23.5 Å². The Hall–Kier alpha value is -4.02. The monoisotopic (exact) mass is 514 g/mol. The summed E-state index contributed by atoms with van der Waals surface area (Å²) in [5.41, 5.74) is 0.112. The van der Waals surface area contributed by atoms with Gasteiger partial charge < -0.3 is 25.6 Å². The Morgan fingerprint density at radius 1 is 0.857 bits per heavy atom. The highest BCUT2D eigenvalue weighted by Gasteiger charge is 2.19. The lowest BCUT2D eigenvalue weighted by molar-refractivity contribution is -0.113. The van der Waals surface area contributed by atoms with Gasteiger partial charge in [0.15, 0.2) is 0 Å². The molecule has 4 N–H and O–H groups in total. The van der Waals surface area contributed by atoms with Gasteiger partial charge in [-0.2, -0.15) is 0 Å². The molecule has 0 radical (unpaired) electrons. The highest BCUT2D eigenvalue weighted by molar-refractivity contribution is 8.00. The van der Waals surface area contributed by atoms with Crippen LogP contribution in [-0.4, -0.2) is 46.8 Å². The molecule has 35 heavy (non-hydrogen) atoms. The number of ether oxygens (including phenoxy) is 1. The molecular weight excluding hydrogens is 496 g/mol. The molecule has 11 heteroatoms. The Labute approximate surface area is 209 Å². The van der Waals surface area contributed by atoms with Crippen LogP contribution in [0, 0.1) is 0 Å². The maximum Gasteiger partial charge on any atom is 0.336 e. The number of thioether (sulfide) groups is 1. The number of carboxylic acid groups (broad SMARTS) is 2. The fourth-order valence-corrected chi connectivity index (χ4v) is 3.93. The van der Waals surface area contributed by atoms with Crippen molar-refractivity contribution in [3.05, 3.63) is 82.4 Å². The van der Waals surface area contributed by atoms with Crippen LogP contribution in [0.2, 0.25) is 5.02 Å². The number of rotatable bonds is 9. The summed E-state index contributed by atoms with van der Waals surface area (Å²) in [6.07, 6.45) is 0. The Morgan fingerprint density at radius 3 is 2.14 bits per heavy atom. The number of carbonyl (C=O) groups excluding carboxylic acids is 2. The number of hydrogen-bond acceptors (Lipinski definition) is 6. The van der Waals surface area contributed by atoms with Crippen molar-refractivity contribution in [3.63, 3.8) is 0 Å². The molecule has 0 fully saturated rings. The zero-order chi connectivity index (χ0) is 25.5. The average molecular weight is 515 g/mol. The van der Waals surface area contributed by atoms with E-state index in [9.17, 15) is 24.3 Å². The molecule has 0 saturated carbocycles. The summed E-state index contributed by atoms with van der Waals surface area (Å²) in [4.78, 5) is 48.1. The molecule has 0 aliphatic carbocycles. The molecular formula is C24H19ClN2O7S. The van der Waals surface area contributed by atoms with Crippen molar-refractivity contribution in [1.82, 2.24) is 0 Å². The quantitative estimate of drug-likeness (QED) is 0.300. The fourth-order valence-electron chi connectivity index (χ4n) is 2.98. The minimum absolute atomic E-state index is 0.132. The highest BCUT2D eigenvalue weighted by Crippen LogP contribution is 2.27. The van der Waals surface area contributed by atoms with Crippen molar-refractivity contribution in [1.29, 1.82) is 0 Å². The van der Waals surface area contributed by atoms with Crippen molar-refractivity contribution >= 4 is 58.5 Å². The van der Waals surface area contributed by atoms with E-state index < -0.39 is 23.4 Å². The SMILES string of the molecule is COc1ccc(NC(=O)CSc2ccc(NC(=O)c3ccc(C(=O)O)cc3C(=O)O)cc2)cc1Cl. The third-order valence-corrected chi connectivity index (χ3v) is 5.97. The van der Waals surface area contributed by atoms with Crippen LogP contribution in [-0.2, 0) is 4.79 Å². The van der Waals surface area contributed by atoms with Crippen LogP contribution in [0.4, 0.5) is 11.4 Å². The van der Waals surface area contributed by atoms with E-state index in [4.69, 9.17) is 21.4 Å². The van der Waals surface area contributed by atoms with Crippen LogP contribution in [0.15, 0.2) is 65.6 Å². The minimum atomic E-state index is -1.42. The van der Waals surface area contributed by atoms with E-state index in [1.165, 1.54) is 18.9 Å². The predicted molar refractivity (Wildman–Crippen MR) is 132 cm³/mol. The first kappa shape index (κ1) is 25.6. The zero-order valence-corrected chi connectivity index (χ0v) is 19.8. The summed E-state index contributed by atoms with van der Waals surface area (Å²) >= 11 is 7.33. The number of nitrogens with one attached hydrogen (secondary N) is 2. The fraction of sp³-hybridized carbons (Fsp3) is 0.0833. The van der Waals surface area contributed by atoms with E-state index in [2.05, 4.69) is 10.6 Å². The number of anilines is 2. The molecule has 0 aromatic heterocycles. The van der Waals surface area contributed by atoms with Crippen molar-refractivity contribution in [2.45, 2.75) is 4.90 Å². The summed E-state index contributed by atoms with van der Waals surface area (Å²) in [5, 5.41) is 24.1. The number of amides is 2. The summed E-state index contributed by atoms with van der Waals surface area (Å²) in [6, 6.07) is 14.8. The lowest BCUT2D eigenvalue weighted by atomic mass is 10.0. The first-order valence-corrected chi connectivity index (χ1v) is 11.3. The van der Waals surface area contributed by atoms with Gasteiger partial charge in [-0.15, -0.1) is 11.8 Å². The molecule has 0 aliphatic heterocycles. The summed E-state index contributed by atoms with van der Waals surface area (Å²) < 4.78 is 5.08. The van der Waals surface area contributed by atoms with Gasteiger partial charge in [0.25, 0.3) is 5.91 Å². The second kappa shape index (κ2) is 11.4. The molecule has 3 rings (SSSR count). The minimum Gasteiger partial charge on any atom is -0.495 e. The second-order valence-corrected chi connectivity index (χ2v) is 8.49.